The molecule has 152 valence electrons. The number of amides is 1. The quantitative estimate of drug-likeness (QED) is 0.571. The Bertz CT molecular complexity index is 1010. The Morgan fingerprint density at radius 3 is 2.55 bits per heavy atom. The fraction of sp³-hybridized carbons (Fsp3) is 0.250. The third-order valence-corrected chi connectivity index (χ3v) is 5.01. The smallest absolute Gasteiger partial charge is 0.234 e. The van der Waals surface area contributed by atoms with Crippen molar-refractivity contribution < 1.29 is 18.3 Å². The molecule has 1 aromatic heterocycles. The van der Waals surface area contributed by atoms with Crippen LogP contribution in [0.3, 0.4) is 0 Å². The number of ether oxygens (including phenoxy) is 1. The van der Waals surface area contributed by atoms with Gasteiger partial charge in [0.2, 0.25) is 5.91 Å². The first-order valence-corrected chi connectivity index (χ1v) is 9.84. The molecule has 0 aliphatic heterocycles. The third-order valence-electron chi connectivity index (χ3n) is 4.06. The van der Waals surface area contributed by atoms with Gasteiger partial charge in [-0.2, -0.15) is 0 Å². The molecule has 29 heavy (non-hydrogen) atoms. The molecule has 3 rings (SSSR count). The summed E-state index contributed by atoms with van der Waals surface area (Å²) in [5.74, 6) is -0.413. The highest BCUT2D eigenvalue weighted by Crippen LogP contribution is 2.29. The van der Waals surface area contributed by atoms with Crippen molar-refractivity contribution in [3.05, 3.63) is 54.1 Å². The predicted octanol–water partition coefficient (Wildman–Crippen LogP) is 4.54. The normalized spacial score (nSPS) is 11.0. The molecule has 3 aromatic rings. The molecule has 1 N–H and O–H groups in total. The maximum atomic E-state index is 13.7. The lowest BCUT2D eigenvalue weighted by atomic mass is 10.2. The highest BCUT2D eigenvalue weighted by molar-refractivity contribution is 7.99. The van der Waals surface area contributed by atoms with E-state index in [1.54, 1.807) is 7.11 Å². The zero-order chi connectivity index (χ0) is 21.0. The topological polar surface area (TPSA) is 69.0 Å². The minimum absolute atomic E-state index is 0.0244. The molecular formula is C20H20F2N4O2S. The first-order chi connectivity index (χ1) is 13.9. The highest BCUT2D eigenvalue weighted by atomic mass is 32.2. The number of methoxy groups -OCH3 is 1. The molecule has 1 heterocycles. The number of hydrogen-bond donors (Lipinski definition) is 1. The van der Waals surface area contributed by atoms with Crippen molar-refractivity contribution >= 4 is 23.4 Å². The van der Waals surface area contributed by atoms with Crippen molar-refractivity contribution in [3.63, 3.8) is 0 Å². The van der Waals surface area contributed by atoms with Crippen LogP contribution >= 0.6 is 11.8 Å². The van der Waals surface area contributed by atoms with Crippen LogP contribution in [0, 0.1) is 11.6 Å². The summed E-state index contributed by atoms with van der Waals surface area (Å²) in [4.78, 5) is 12.2. The zero-order valence-corrected chi connectivity index (χ0v) is 17.0. The van der Waals surface area contributed by atoms with Crippen molar-refractivity contribution in [2.45, 2.75) is 25.0 Å². The van der Waals surface area contributed by atoms with Crippen LogP contribution in [-0.4, -0.2) is 33.5 Å². The Labute approximate surface area is 171 Å². The molecule has 1 amide bonds. The maximum absolute atomic E-state index is 13.7. The summed E-state index contributed by atoms with van der Waals surface area (Å²) < 4.78 is 34.0. The lowest BCUT2D eigenvalue weighted by molar-refractivity contribution is -0.113. The first kappa shape index (κ1) is 20.8. The van der Waals surface area contributed by atoms with E-state index < -0.39 is 17.5 Å². The van der Waals surface area contributed by atoms with Crippen LogP contribution in [0.5, 0.6) is 5.75 Å². The minimum Gasteiger partial charge on any atom is -0.497 e. The lowest BCUT2D eigenvalue weighted by Crippen LogP contribution is -2.16. The first-order valence-electron chi connectivity index (χ1n) is 8.86. The SMILES string of the molecule is COc1ccc(-c2nnc(SCC(=O)Nc3cc(F)ccc3F)n2C(C)C)cc1. The van der Waals surface area contributed by atoms with Gasteiger partial charge < -0.3 is 10.1 Å². The molecular weight excluding hydrogens is 398 g/mol. The summed E-state index contributed by atoms with van der Waals surface area (Å²) in [6, 6.07) is 10.4. The molecule has 2 aromatic carbocycles. The number of anilines is 1. The minimum atomic E-state index is -0.697. The number of halogens is 2. The molecule has 0 saturated carbocycles. The highest BCUT2D eigenvalue weighted by Gasteiger charge is 2.18. The fourth-order valence-corrected chi connectivity index (χ4v) is 3.55. The number of carbonyl (C=O) groups is 1. The van der Waals surface area contributed by atoms with E-state index in [4.69, 9.17) is 4.74 Å². The van der Waals surface area contributed by atoms with Crippen molar-refractivity contribution in [1.82, 2.24) is 14.8 Å². The molecule has 0 fully saturated rings. The summed E-state index contributed by atoms with van der Waals surface area (Å²) in [5.41, 5.74) is 0.671. The van der Waals surface area contributed by atoms with Gasteiger partial charge >= 0.3 is 0 Å². The molecule has 0 bridgehead atoms. The molecule has 0 atom stereocenters. The van der Waals surface area contributed by atoms with Crippen LogP contribution in [0.2, 0.25) is 0 Å². The molecule has 0 unspecified atom stereocenters. The number of aromatic nitrogens is 3. The number of nitrogens with zero attached hydrogens (tertiary/aromatic N) is 3. The summed E-state index contributed by atoms with van der Waals surface area (Å²) >= 11 is 1.17. The standard InChI is InChI=1S/C20H20F2N4O2S/c1-12(2)26-19(13-4-7-15(28-3)8-5-13)24-25-20(26)29-11-18(27)23-17-10-14(21)6-9-16(17)22/h4-10,12H,11H2,1-3H3,(H,23,27). The van der Waals surface area contributed by atoms with E-state index in [2.05, 4.69) is 15.5 Å². The van der Waals surface area contributed by atoms with E-state index in [-0.39, 0.29) is 17.5 Å². The molecule has 9 heteroatoms. The average molecular weight is 418 g/mol. The van der Waals surface area contributed by atoms with Gasteiger partial charge in [-0.3, -0.25) is 9.36 Å². The molecule has 0 saturated heterocycles. The molecule has 0 spiro atoms. The van der Waals surface area contributed by atoms with Crippen molar-refractivity contribution in [3.8, 4) is 17.1 Å². The maximum Gasteiger partial charge on any atom is 0.234 e. The van der Waals surface area contributed by atoms with Crippen molar-refractivity contribution in [2.24, 2.45) is 0 Å². The Balaban J connectivity index is 1.74. The Morgan fingerprint density at radius 2 is 1.90 bits per heavy atom. The van der Waals surface area contributed by atoms with Crippen LogP contribution in [0.25, 0.3) is 11.4 Å². The number of hydrogen-bond acceptors (Lipinski definition) is 5. The predicted molar refractivity (Wildman–Crippen MR) is 108 cm³/mol. The van der Waals surface area contributed by atoms with Crippen LogP contribution < -0.4 is 10.1 Å². The third kappa shape index (κ3) is 4.92. The van der Waals surface area contributed by atoms with E-state index in [0.717, 1.165) is 29.5 Å². The number of nitrogens with one attached hydrogen (secondary N) is 1. The summed E-state index contributed by atoms with van der Waals surface area (Å²) in [6.07, 6.45) is 0. The van der Waals surface area contributed by atoms with Gasteiger partial charge in [0.05, 0.1) is 18.6 Å². The van der Waals surface area contributed by atoms with Gasteiger partial charge in [-0.1, -0.05) is 11.8 Å². The number of carbonyl (C=O) groups excluding carboxylic acids is 1. The van der Waals surface area contributed by atoms with Gasteiger partial charge in [0.25, 0.3) is 0 Å². The molecule has 6 nitrogen and oxygen atoms in total. The summed E-state index contributed by atoms with van der Waals surface area (Å²) in [5, 5.41) is 11.4. The van der Waals surface area contributed by atoms with Gasteiger partial charge in [0.1, 0.15) is 17.4 Å². The largest absolute Gasteiger partial charge is 0.497 e. The van der Waals surface area contributed by atoms with Crippen LogP contribution in [0.15, 0.2) is 47.6 Å². The van der Waals surface area contributed by atoms with E-state index in [0.29, 0.717) is 11.0 Å². The summed E-state index contributed by atoms with van der Waals surface area (Å²) in [6.45, 7) is 3.98. The Morgan fingerprint density at radius 1 is 1.17 bits per heavy atom. The van der Waals surface area contributed by atoms with Gasteiger partial charge in [0, 0.05) is 17.7 Å². The summed E-state index contributed by atoms with van der Waals surface area (Å²) in [7, 11) is 1.60. The van der Waals surface area contributed by atoms with Crippen molar-refractivity contribution in [2.75, 3.05) is 18.2 Å². The van der Waals surface area contributed by atoms with Gasteiger partial charge in [0.15, 0.2) is 11.0 Å². The monoisotopic (exact) mass is 418 g/mol. The van der Waals surface area contributed by atoms with E-state index in [9.17, 15) is 13.6 Å². The fourth-order valence-electron chi connectivity index (χ4n) is 2.69. The van der Waals surface area contributed by atoms with E-state index in [1.165, 1.54) is 11.8 Å². The Kier molecular flexibility index (Phi) is 6.48. The number of rotatable bonds is 7. The molecule has 0 aliphatic rings. The Hall–Kier alpha value is -2.94. The van der Waals surface area contributed by atoms with Crippen molar-refractivity contribution in [1.29, 1.82) is 0 Å². The van der Waals surface area contributed by atoms with Gasteiger partial charge in [-0.25, -0.2) is 8.78 Å². The second-order valence-electron chi connectivity index (χ2n) is 6.46. The number of thioether (sulfide) groups is 1. The van der Waals surface area contributed by atoms with Crippen LogP contribution in [0.4, 0.5) is 14.5 Å². The molecule has 0 radical (unpaired) electrons. The lowest BCUT2D eigenvalue weighted by Gasteiger charge is -2.14. The molecule has 0 aliphatic carbocycles. The van der Waals surface area contributed by atoms with Gasteiger partial charge in [-0.05, 0) is 50.2 Å². The average Bonchev–Trinajstić information content (AvgIpc) is 3.13. The van der Waals surface area contributed by atoms with Crippen LogP contribution in [-0.2, 0) is 4.79 Å². The van der Waals surface area contributed by atoms with Crippen LogP contribution in [0.1, 0.15) is 19.9 Å². The zero-order valence-electron chi connectivity index (χ0n) is 16.1. The second-order valence-corrected chi connectivity index (χ2v) is 7.40. The van der Waals surface area contributed by atoms with E-state index in [1.807, 2.05) is 42.7 Å². The second kappa shape index (κ2) is 9.04. The van der Waals surface area contributed by atoms with E-state index >= 15 is 0 Å². The number of benzene rings is 2. The van der Waals surface area contributed by atoms with Gasteiger partial charge in [-0.15, -0.1) is 10.2 Å².